The van der Waals surface area contributed by atoms with Crippen LogP contribution < -0.4 is 15.5 Å². The van der Waals surface area contributed by atoms with E-state index in [2.05, 4.69) is 15.6 Å². The number of aliphatic hydroxyl groups is 1. The van der Waals surface area contributed by atoms with E-state index >= 15 is 0 Å². The van der Waals surface area contributed by atoms with Crippen molar-refractivity contribution in [1.82, 2.24) is 20.5 Å². The second kappa shape index (κ2) is 18.8. The number of rotatable bonds is 14. The first-order valence-electron chi connectivity index (χ1n) is 18.6. The highest BCUT2D eigenvalue weighted by Crippen LogP contribution is 2.30. The summed E-state index contributed by atoms with van der Waals surface area (Å²) in [5, 5.41) is 20.1. The van der Waals surface area contributed by atoms with Gasteiger partial charge in [0.2, 0.25) is 0 Å². The van der Waals surface area contributed by atoms with Crippen LogP contribution in [0.25, 0.3) is 11.1 Å². The summed E-state index contributed by atoms with van der Waals surface area (Å²) in [6.45, 7) is 7.46. The van der Waals surface area contributed by atoms with Gasteiger partial charge in [-0.1, -0.05) is 60.7 Å². The van der Waals surface area contributed by atoms with Crippen LogP contribution in [0, 0.1) is 6.92 Å². The molecule has 58 heavy (non-hydrogen) atoms. The number of ether oxygens (including phenoxy) is 1. The van der Waals surface area contributed by atoms with Crippen molar-refractivity contribution in [2.45, 2.75) is 71.1 Å². The molecular formula is C44H48F3N5O5S. The highest BCUT2D eigenvalue weighted by Gasteiger charge is 2.30. The summed E-state index contributed by atoms with van der Waals surface area (Å²) >= 11 is 1.44. The standard InChI is InChI=1S/C44H48F3N5O5S/c1-28-27-58-39(49-28)26-51(5)41(55)34-21-32(31-15-11-17-36(23-31)52(6)42(56)57-43(2,3)4)20-33(22-34)40(54)50-37(19-29-12-8-7-9-13-29)38(53)25-48-24-30-14-10-16-35(18-30)44(45,46)47/h7-18,20-23,27,37-38,48,53H,19,24-26H2,1-6H3,(H,50,54)/t37-,38+/m0/s1. The number of aliphatic hydroxyl groups excluding tert-OH is 1. The van der Waals surface area contributed by atoms with Crippen LogP contribution in [-0.2, 0) is 30.4 Å². The summed E-state index contributed by atoms with van der Waals surface area (Å²) in [5.41, 5.74) is 2.62. The Balaban J connectivity index is 1.44. The van der Waals surface area contributed by atoms with Gasteiger partial charge in [-0.3, -0.25) is 14.5 Å². The minimum absolute atomic E-state index is 0.0449. The summed E-state index contributed by atoms with van der Waals surface area (Å²) in [4.78, 5) is 48.5. The van der Waals surface area contributed by atoms with E-state index < -0.39 is 41.5 Å². The number of aromatic nitrogens is 1. The molecule has 306 valence electrons. The third kappa shape index (κ3) is 12.2. The first kappa shape index (κ1) is 43.6. The normalized spacial score (nSPS) is 12.7. The van der Waals surface area contributed by atoms with Gasteiger partial charge < -0.3 is 25.4 Å². The zero-order valence-corrected chi connectivity index (χ0v) is 34.1. The van der Waals surface area contributed by atoms with E-state index in [1.54, 1.807) is 77.3 Å². The number of nitrogens with zero attached hydrogens (tertiary/aromatic N) is 3. The smallest absolute Gasteiger partial charge is 0.416 e. The SMILES string of the molecule is Cc1csc(CN(C)C(=O)c2cc(C(=O)N[C@@H](Cc3ccccc3)[C@H](O)CNCc3cccc(C(F)(F)F)c3)cc(-c3cccc(N(C)C(=O)OC(C)(C)C)c3)c2)n1. The van der Waals surface area contributed by atoms with Crippen molar-refractivity contribution < 1.29 is 37.4 Å². The largest absolute Gasteiger partial charge is 0.443 e. The maximum atomic E-state index is 14.2. The van der Waals surface area contributed by atoms with Crippen LogP contribution in [0.4, 0.5) is 23.7 Å². The number of carbonyl (C=O) groups is 3. The van der Waals surface area contributed by atoms with E-state index in [-0.39, 0.29) is 43.1 Å². The summed E-state index contributed by atoms with van der Waals surface area (Å²) in [7, 11) is 3.24. The Morgan fingerprint density at radius 2 is 1.55 bits per heavy atom. The van der Waals surface area contributed by atoms with Gasteiger partial charge in [0.05, 0.1) is 24.3 Å². The number of hydrogen-bond acceptors (Lipinski definition) is 8. The molecule has 1 heterocycles. The Kier molecular flexibility index (Phi) is 14.1. The zero-order chi connectivity index (χ0) is 42.2. The number of carbonyl (C=O) groups excluding carboxylic acids is 3. The molecule has 0 spiro atoms. The fourth-order valence-electron chi connectivity index (χ4n) is 6.12. The molecule has 0 fully saturated rings. The van der Waals surface area contributed by atoms with Crippen LogP contribution in [0.3, 0.4) is 0 Å². The molecule has 5 aromatic rings. The van der Waals surface area contributed by atoms with Crippen LogP contribution >= 0.6 is 11.3 Å². The maximum Gasteiger partial charge on any atom is 0.416 e. The summed E-state index contributed by atoms with van der Waals surface area (Å²) in [6.07, 6.45) is -5.97. The molecule has 0 bridgehead atoms. The molecule has 3 amide bonds. The van der Waals surface area contributed by atoms with Crippen molar-refractivity contribution in [1.29, 1.82) is 0 Å². The van der Waals surface area contributed by atoms with Crippen molar-refractivity contribution in [3.05, 3.63) is 141 Å². The number of halogens is 3. The molecule has 10 nitrogen and oxygen atoms in total. The van der Waals surface area contributed by atoms with Gasteiger partial charge in [0.15, 0.2) is 0 Å². The van der Waals surface area contributed by atoms with Crippen LogP contribution in [0.15, 0.2) is 102 Å². The molecule has 0 unspecified atom stereocenters. The fourth-order valence-corrected chi connectivity index (χ4v) is 6.94. The molecule has 3 N–H and O–H groups in total. The van der Waals surface area contributed by atoms with Gasteiger partial charge in [0.1, 0.15) is 10.6 Å². The molecule has 2 atom stereocenters. The van der Waals surface area contributed by atoms with E-state index in [1.165, 1.54) is 33.3 Å². The zero-order valence-electron chi connectivity index (χ0n) is 33.3. The number of amides is 3. The van der Waals surface area contributed by atoms with Crippen molar-refractivity contribution in [2.24, 2.45) is 0 Å². The highest BCUT2D eigenvalue weighted by molar-refractivity contribution is 7.09. The van der Waals surface area contributed by atoms with Crippen molar-refractivity contribution >= 4 is 34.9 Å². The number of alkyl halides is 3. The molecule has 4 aromatic carbocycles. The number of hydrogen-bond donors (Lipinski definition) is 3. The second-order valence-electron chi connectivity index (χ2n) is 15.1. The molecule has 1 aromatic heterocycles. The van der Waals surface area contributed by atoms with Crippen molar-refractivity contribution in [2.75, 3.05) is 25.5 Å². The number of thiazole rings is 1. The van der Waals surface area contributed by atoms with Crippen LogP contribution in [-0.4, -0.2) is 71.3 Å². The molecule has 0 aliphatic heterocycles. The van der Waals surface area contributed by atoms with E-state index in [0.717, 1.165) is 28.4 Å². The topological polar surface area (TPSA) is 124 Å². The molecule has 14 heteroatoms. The lowest BCUT2D eigenvalue weighted by Gasteiger charge is -2.26. The van der Waals surface area contributed by atoms with Gasteiger partial charge in [-0.25, -0.2) is 9.78 Å². The predicted molar refractivity (Wildman–Crippen MR) is 220 cm³/mol. The summed E-state index contributed by atoms with van der Waals surface area (Å²) < 4.78 is 45.4. The molecule has 0 saturated carbocycles. The summed E-state index contributed by atoms with van der Waals surface area (Å²) in [6, 6.07) is 25.2. The molecule has 0 aliphatic rings. The number of nitrogens with one attached hydrogen (secondary N) is 2. The quantitative estimate of drug-likeness (QED) is 0.103. The van der Waals surface area contributed by atoms with Crippen LogP contribution in [0.5, 0.6) is 0 Å². The van der Waals surface area contributed by atoms with Gasteiger partial charge in [0.25, 0.3) is 11.8 Å². The van der Waals surface area contributed by atoms with E-state index in [0.29, 0.717) is 22.4 Å². The Labute approximate surface area is 340 Å². The Hall–Kier alpha value is -5.57. The van der Waals surface area contributed by atoms with Gasteiger partial charge in [0, 0.05) is 55.1 Å². The average Bonchev–Trinajstić information content (AvgIpc) is 3.60. The number of benzene rings is 4. The minimum atomic E-state index is -4.49. The van der Waals surface area contributed by atoms with Gasteiger partial charge in [-0.2, -0.15) is 13.2 Å². The average molecular weight is 816 g/mol. The molecular weight excluding hydrogens is 768 g/mol. The van der Waals surface area contributed by atoms with Gasteiger partial charge in [-0.05, 0) is 92.8 Å². The van der Waals surface area contributed by atoms with Crippen molar-refractivity contribution in [3.63, 3.8) is 0 Å². The first-order chi connectivity index (χ1) is 27.4. The first-order valence-corrected chi connectivity index (χ1v) is 19.5. The monoisotopic (exact) mass is 815 g/mol. The Morgan fingerprint density at radius 3 is 2.22 bits per heavy atom. The molecule has 5 rings (SSSR count). The fraction of sp³-hybridized carbons (Fsp3) is 0.318. The number of anilines is 1. The van der Waals surface area contributed by atoms with E-state index in [4.69, 9.17) is 4.74 Å². The van der Waals surface area contributed by atoms with E-state index in [1.807, 2.05) is 42.6 Å². The van der Waals surface area contributed by atoms with Crippen LogP contribution in [0.2, 0.25) is 0 Å². The van der Waals surface area contributed by atoms with Crippen molar-refractivity contribution in [3.8, 4) is 11.1 Å². The number of aryl methyl sites for hydroxylation is 1. The van der Waals surface area contributed by atoms with Crippen LogP contribution in [0.1, 0.15) is 68.9 Å². The van der Waals surface area contributed by atoms with Gasteiger partial charge in [-0.15, -0.1) is 11.3 Å². The Morgan fingerprint density at radius 1 is 0.862 bits per heavy atom. The minimum Gasteiger partial charge on any atom is -0.443 e. The van der Waals surface area contributed by atoms with E-state index in [9.17, 15) is 32.7 Å². The molecule has 0 radical (unpaired) electrons. The maximum absolute atomic E-state index is 14.2. The lowest BCUT2D eigenvalue weighted by Crippen LogP contribution is -2.48. The Bertz CT molecular complexity index is 2210. The highest BCUT2D eigenvalue weighted by atomic mass is 32.1. The molecule has 0 aliphatic carbocycles. The van der Waals surface area contributed by atoms with Gasteiger partial charge >= 0.3 is 12.3 Å². The lowest BCUT2D eigenvalue weighted by atomic mass is 9.97. The summed E-state index contributed by atoms with van der Waals surface area (Å²) in [5.74, 6) is -0.917. The lowest BCUT2D eigenvalue weighted by molar-refractivity contribution is -0.137. The molecule has 0 saturated heterocycles. The predicted octanol–water partition coefficient (Wildman–Crippen LogP) is 8.27. The third-order valence-electron chi connectivity index (χ3n) is 9.08. The third-order valence-corrected chi connectivity index (χ3v) is 10.0. The second-order valence-corrected chi connectivity index (χ2v) is 16.0.